The zero-order valence-electron chi connectivity index (χ0n) is 13.2. The van der Waals surface area contributed by atoms with Gasteiger partial charge in [-0.1, -0.05) is 35.9 Å². The van der Waals surface area contributed by atoms with Gasteiger partial charge in [-0.2, -0.15) is 0 Å². The summed E-state index contributed by atoms with van der Waals surface area (Å²) in [6.45, 7) is 2.04. The van der Waals surface area contributed by atoms with E-state index in [4.69, 9.17) is 16.3 Å². The monoisotopic (exact) mass is 344 g/mol. The van der Waals surface area contributed by atoms with E-state index >= 15 is 0 Å². The van der Waals surface area contributed by atoms with E-state index in [1.807, 2.05) is 24.3 Å². The minimum atomic E-state index is -0.740. The van der Waals surface area contributed by atoms with Crippen LogP contribution in [0.3, 0.4) is 0 Å². The fourth-order valence-electron chi connectivity index (χ4n) is 2.57. The molecule has 0 bridgehead atoms. The molecule has 1 aliphatic rings. The normalized spacial score (nSPS) is 16.1. The van der Waals surface area contributed by atoms with Crippen molar-refractivity contribution in [2.24, 2.45) is 0 Å². The van der Waals surface area contributed by atoms with Gasteiger partial charge in [0.15, 0.2) is 6.10 Å². The van der Waals surface area contributed by atoms with Gasteiger partial charge in [0, 0.05) is 18.5 Å². The molecule has 1 N–H and O–H groups in total. The van der Waals surface area contributed by atoms with E-state index in [0.717, 1.165) is 5.56 Å². The number of hydrogen-bond donors (Lipinski definition) is 1. The van der Waals surface area contributed by atoms with Crippen molar-refractivity contribution >= 4 is 29.1 Å². The molecule has 0 aliphatic carbocycles. The van der Waals surface area contributed by atoms with Crippen LogP contribution >= 0.6 is 11.6 Å². The van der Waals surface area contributed by atoms with Crippen LogP contribution in [0.25, 0.3) is 0 Å². The summed E-state index contributed by atoms with van der Waals surface area (Å²) in [6.07, 6.45) is -0.740. The van der Waals surface area contributed by atoms with Crippen molar-refractivity contribution in [3.05, 3.63) is 59.1 Å². The summed E-state index contributed by atoms with van der Waals surface area (Å²) in [4.78, 5) is 25.8. The van der Waals surface area contributed by atoms with Crippen molar-refractivity contribution in [2.45, 2.75) is 19.6 Å². The van der Waals surface area contributed by atoms with Gasteiger partial charge in [-0.05, 0) is 29.8 Å². The van der Waals surface area contributed by atoms with Crippen molar-refractivity contribution in [3.63, 3.8) is 0 Å². The van der Waals surface area contributed by atoms with Gasteiger partial charge < -0.3 is 15.0 Å². The Morgan fingerprint density at radius 1 is 1.21 bits per heavy atom. The highest BCUT2D eigenvalue weighted by molar-refractivity contribution is 6.30. The molecule has 2 aromatic carbocycles. The summed E-state index contributed by atoms with van der Waals surface area (Å²) < 4.78 is 5.75. The Morgan fingerprint density at radius 3 is 2.62 bits per heavy atom. The van der Waals surface area contributed by atoms with Gasteiger partial charge in [-0.25, -0.2) is 0 Å². The first kappa shape index (κ1) is 16.3. The summed E-state index contributed by atoms with van der Waals surface area (Å²) in [7, 11) is 0. The van der Waals surface area contributed by atoms with Crippen LogP contribution in [-0.2, 0) is 16.1 Å². The maximum absolute atomic E-state index is 12.4. The first-order chi connectivity index (χ1) is 11.5. The van der Waals surface area contributed by atoms with E-state index in [1.54, 1.807) is 29.2 Å². The predicted octanol–water partition coefficient (Wildman–Crippen LogP) is 2.77. The van der Waals surface area contributed by atoms with Crippen molar-refractivity contribution < 1.29 is 14.3 Å². The molecule has 0 saturated heterocycles. The maximum Gasteiger partial charge on any atom is 0.263 e. The van der Waals surface area contributed by atoms with E-state index < -0.39 is 6.10 Å². The first-order valence-corrected chi connectivity index (χ1v) is 7.98. The number of nitrogens with zero attached hydrogens (tertiary/aromatic N) is 1. The van der Waals surface area contributed by atoms with E-state index in [0.29, 0.717) is 23.0 Å². The molecule has 0 saturated carbocycles. The van der Waals surface area contributed by atoms with Crippen LogP contribution in [0, 0.1) is 0 Å². The molecule has 1 atom stereocenters. The van der Waals surface area contributed by atoms with Crippen LogP contribution in [0.4, 0.5) is 5.69 Å². The van der Waals surface area contributed by atoms with Gasteiger partial charge in [-0.3, -0.25) is 9.59 Å². The largest absolute Gasteiger partial charge is 0.477 e. The standard InChI is InChI=1S/C18H17ClN2O3/c1-12(22)21-11-17(24-16-5-3-2-4-15(16)21)18(23)20-10-13-6-8-14(19)9-7-13/h2-9,17H,10-11H2,1H3,(H,20,23)/t17-/m1/s1. The third-order valence-corrected chi connectivity index (χ3v) is 4.08. The lowest BCUT2D eigenvalue weighted by molar-refractivity contribution is -0.128. The average Bonchev–Trinajstić information content (AvgIpc) is 2.59. The number of rotatable bonds is 3. The average molecular weight is 345 g/mol. The molecule has 5 nitrogen and oxygen atoms in total. The number of halogens is 1. The topological polar surface area (TPSA) is 58.6 Å². The lowest BCUT2D eigenvalue weighted by atomic mass is 10.1. The number of hydrogen-bond acceptors (Lipinski definition) is 3. The van der Waals surface area contributed by atoms with Crippen LogP contribution in [0.5, 0.6) is 5.75 Å². The molecule has 2 amide bonds. The Balaban J connectivity index is 1.69. The van der Waals surface area contributed by atoms with Gasteiger partial charge in [0.25, 0.3) is 5.91 Å². The Morgan fingerprint density at radius 2 is 1.92 bits per heavy atom. The lowest BCUT2D eigenvalue weighted by Crippen LogP contribution is -2.50. The number of nitrogens with one attached hydrogen (secondary N) is 1. The van der Waals surface area contributed by atoms with Gasteiger partial charge >= 0.3 is 0 Å². The predicted molar refractivity (Wildman–Crippen MR) is 92.2 cm³/mol. The molecule has 3 rings (SSSR count). The summed E-state index contributed by atoms with van der Waals surface area (Å²) in [5.74, 6) is 0.151. The number of fused-ring (bicyclic) bond motifs is 1. The maximum atomic E-state index is 12.4. The quantitative estimate of drug-likeness (QED) is 0.931. The van der Waals surface area contributed by atoms with E-state index in [2.05, 4.69) is 5.32 Å². The first-order valence-electron chi connectivity index (χ1n) is 7.60. The smallest absolute Gasteiger partial charge is 0.263 e. The molecule has 124 valence electrons. The molecule has 6 heteroatoms. The van der Waals surface area contributed by atoms with Crippen LogP contribution in [0.1, 0.15) is 12.5 Å². The van der Waals surface area contributed by atoms with Gasteiger partial charge in [0.1, 0.15) is 5.75 Å². The molecule has 0 spiro atoms. The Kier molecular flexibility index (Phi) is 4.71. The van der Waals surface area contributed by atoms with Crippen LogP contribution in [0.2, 0.25) is 5.02 Å². The molecule has 0 aromatic heterocycles. The van der Waals surface area contributed by atoms with Crippen LogP contribution in [-0.4, -0.2) is 24.5 Å². The SMILES string of the molecule is CC(=O)N1C[C@H](C(=O)NCc2ccc(Cl)cc2)Oc2ccccc21. The van der Waals surface area contributed by atoms with Crippen molar-refractivity contribution in [2.75, 3.05) is 11.4 Å². The second-order valence-corrected chi connectivity index (χ2v) is 5.98. The van der Waals surface area contributed by atoms with E-state index in [9.17, 15) is 9.59 Å². The number of benzene rings is 2. The summed E-state index contributed by atoms with van der Waals surface area (Å²) in [5, 5.41) is 3.48. The van der Waals surface area contributed by atoms with Crippen molar-refractivity contribution in [1.82, 2.24) is 5.32 Å². The molecular weight excluding hydrogens is 328 g/mol. The number of ether oxygens (including phenoxy) is 1. The number of carbonyl (C=O) groups is 2. The molecule has 0 unspecified atom stereocenters. The number of carbonyl (C=O) groups excluding carboxylic acids is 2. The third kappa shape index (κ3) is 3.51. The zero-order valence-corrected chi connectivity index (χ0v) is 13.9. The van der Waals surface area contributed by atoms with Gasteiger partial charge in [0.2, 0.25) is 5.91 Å². The van der Waals surface area contributed by atoms with Crippen molar-refractivity contribution in [3.8, 4) is 5.75 Å². The molecule has 0 fully saturated rings. The Hall–Kier alpha value is -2.53. The molecule has 24 heavy (non-hydrogen) atoms. The van der Waals surface area contributed by atoms with Crippen LogP contribution < -0.4 is 15.0 Å². The van der Waals surface area contributed by atoms with Crippen LogP contribution in [0.15, 0.2) is 48.5 Å². The highest BCUT2D eigenvalue weighted by Crippen LogP contribution is 2.33. The third-order valence-electron chi connectivity index (χ3n) is 3.83. The number of amides is 2. The number of anilines is 1. The second kappa shape index (κ2) is 6.93. The molecular formula is C18H17ClN2O3. The number of para-hydroxylation sites is 2. The Bertz CT molecular complexity index is 761. The lowest BCUT2D eigenvalue weighted by Gasteiger charge is -2.33. The minimum absolute atomic E-state index is 0.124. The fourth-order valence-corrected chi connectivity index (χ4v) is 2.70. The summed E-state index contributed by atoms with van der Waals surface area (Å²) in [6, 6.07) is 14.4. The highest BCUT2D eigenvalue weighted by atomic mass is 35.5. The van der Waals surface area contributed by atoms with Crippen molar-refractivity contribution in [1.29, 1.82) is 0 Å². The molecule has 2 aromatic rings. The Labute approximate surface area is 145 Å². The van der Waals surface area contributed by atoms with Gasteiger partial charge in [0.05, 0.1) is 12.2 Å². The second-order valence-electron chi connectivity index (χ2n) is 5.55. The minimum Gasteiger partial charge on any atom is -0.477 e. The van der Waals surface area contributed by atoms with E-state index in [-0.39, 0.29) is 18.4 Å². The molecule has 1 aliphatic heterocycles. The summed E-state index contributed by atoms with van der Waals surface area (Å²) in [5.41, 5.74) is 1.62. The highest BCUT2D eigenvalue weighted by Gasteiger charge is 2.32. The van der Waals surface area contributed by atoms with E-state index in [1.165, 1.54) is 6.92 Å². The summed E-state index contributed by atoms with van der Waals surface area (Å²) >= 11 is 5.84. The zero-order chi connectivity index (χ0) is 17.1. The fraction of sp³-hybridized carbons (Fsp3) is 0.222. The van der Waals surface area contributed by atoms with Gasteiger partial charge in [-0.15, -0.1) is 0 Å². The molecule has 0 radical (unpaired) electrons. The molecule has 1 heterocycles.